The average Bonchev–Trinajstić information content (AvgIpc) is 2.47. The summed E-state index contributed by atoms with van der Waals surface area (Å²) in [7, 11) is 0. The first kappa shape index (κ1) is 13.3. The lowest BCUT2D eigenvalue weighted by Crippen LogP contribution is -2.56. The standard InChI is InChI=1S/C14H24N2O3/c17-14(9-11-10-18-7-5-15-11)16-6-8-19-13-4-2-1-3-12(13)16/h11-13,15H,1-10H2. The van der Waals surface area contributed by atoms with Crippen LogP contribution in [0.4, 0.5) is 0 Å². The molecule has 3 fully saturated rings. The highest BCUT2D eigenvalue weighted by Gasteiger charge is 2.37. The number of carbonyl (C=O) groups is 1. The van der Waals surface area contributed by atoms with E-state index in [0.29, 0.717) is 25.7 Å². The van der Waals surface area contributed by atoms with E-state index in [1.165, 1.54) is 12.8 Å². The molecule has 0 spiro atoms. The summed E-state index contributed by atoms with van der Waals surface area (Å²) in [4.78, 5) is 14.6. The fourth-order valence-electron chi connectivity index (χ4n) is 3.48. The molecule has 19 heavy (non-hydrogen) atoms. The predicted octanol–water partition coefficient (Wildman–Crippen LogP) is 0.535. The summed E-state index contributed by atoms with van der Waals surface area (Å²) in [6, 6.07) is 0.505. The normalized spacial score (nSPS) is 35.8. The maximum Gasteiger partial charge on any atom is 0.224 e. The molecule has 3 unspecified atom stereocenters. The number of fused-ring (bicyclic) bond motifs is 1. The summed E-state index contributed by atoms with van der Waals surface area (Å²) >= 11 is 0. The number of carbonyl (C=O) groups excluding carboxylic acids is 1. The zero-order valence-corrected chi connectivity index (χ0v) is 11.5. The van der Waals surface area contributed by atoms with Crippen molar-refractivity contribution in [2.75, 3.05) is 32.9 Å². The van der Waals surface area contributed by atoms with Crippen molar-refractivity contribution in [2.45, 2.75) is 50.3 Å². The van der Waals surface area contributed by atoms with Gasteiger partial charge in [-0.2, -0.15) is 0 Å². The van der Waals surface area contributed by atoms with Crippen LogP contribution in [0.2, 0.25) is 0 Å². The van der Waals surface area contributed by atoms with Gasteiger partial charge in [0.25, 0.3) is 0 Å². The highest BCUT2D eigenvalue weighted by atomic mass is 16.5. The van der Waals surface area contributed by atoms with Crippen LogP contribution in [0.15, 0.2) is 0 Å². The summed E-state index contributed by atoms with van der Waals surface area (Å²) in [5.41, 5.74) is 0. The first-order valence-corrected chi connectivity index (χ1v) is 7.57. The molecular weight excluding hydrogens is 244 g/mol. The molecule has 1 aliphatic carbocycles. The highest BCUT2D eigenvalue weighted by molar-refractivity contribution is 5.77. The van der Waals surface area contributed by atoms with Gasteiger partial charge < -0.3 is 19.7 Å². The van der Waals surface area contributed by atoms with Crippen LogP contribution in [0.25, 0.3) is 0 Å². The van der Waals surface area contributed by atoms with Gasteiger partial charge in [0.05, 0.1) is 32.0 Å². The van der Waals surface area contributed by atoms with E-state index in [4.69, 9.17) is 9.47 Å². The number of morpholine rings is 2. The fraction of sp³-hybridized carbons (Fsp3) is 0.929. The van der Waals surface area contributed by atoms with E-state index in [2.05, 4.69) is 10.2 Å². The summed E-state index contributed by atoms with van der Waals surface area (Å²) in [5, 5.41) is 3.36. The van der Waals surface area contributed by atoms with E-state index in [0.717, 1.165) is 32.5 Å². The van der Waals surface area contributed by atoms with Crippen molar-refractivity contribution in [3.05, 3.63) is 0 Å². The third kappa shape index (κ3) is 3.09. The zero-order valence-electron chi connectivity index (χ0n) is 11.5. The third-order valence-electron chi connectivity index (χ3n) is 4.47. The Morgan fingerprint density at radius 2 is 2.16 bits per heavy atom. The Hall–Kier alpha value is -0.650. The third-order valence-corrected chi connectivity index (χ3v) is 4.47. The molecule has 3 atom stereocenters. The molecule has 5 nitrogen and oxygen atoms in total. The maximum atomic E-state index is 12.5. The van der Waals surface area contributed by atoms with Gasteiger partial charge in [0, 0.05) is 25.6 Å². The van der Waals surface area contributed by atoms with Crippen molar-refractivity contribution >= 4 is 5.91 Å². The Morgan fingerprint density at radius 3 is 3.00 bits per heavy atom. The van der Waals surface area contributed by atoms with Gasteiger partial charge in [0.15, 0.2) is 0 Å². The fourth-order valence-corrected chi connectivity index (χ4v) is 3.48. The number of rotatable bonds is 2. The molecule has 108 valence electrons. The van der Waals surface area contributed by atoms with E-state index in [1.54, 1.807) is 0 Å². The molecule has 0 radical (unpaired) electrons. The van der Waals surface area contributed by atoms with Gasteiger partial charge in [0.2, 0.25) is 5.91 Å². The van der Waals surface area contributed by atoms with Crippen LogP contribution < -0.4 is 5.32 Å². The van der Waals surface area contributed by atoms with Crippen LogP contribution in [0.5, 0.6) is 0 Å². The number of hydrogen-bond acceptors (Lipinski definition) is 4. The van der Waals surface area contributed by atoms with Crippen LogP contribution >= 0.6 is 0 Å². The van der Waals surface area contributed by atoms with Crippen LogP contribution in [0.1, 0.15) is 32.1 Å². The van der Waals surface area contributed by atoms with Crippen LogP contribution in [-0.4, -0.2) is 61.9 Å². The Kier molecular flexibility index (Phi) is 4.35. The van der Waals surface area contributed by atoms with Crippen molar-refractivity contribution in [1.29, 1.82) is 0 Å². The quantitative estimate of drug-likeness (QED) is 0.794. The minimum atomic E-state index is 0.186. The smallest absolute Gasteiger partial charge is 0.224 e. The SMILES string of the molecule is O=C(CC1COCCN1)N1CCOC2CCCCC21. The molecule has 2 heterocycles. The monoisotopic (exact) mass is 268 g/mol. The van der Waals surface area contributed by atoms with Crippen molar-refractivity contribution in [1.82, 2.24) is 10.2 Å². The molecule has 0 aromatic heterocycles. The van der Waals surface area contributed by atoms with Crippen molar-refractivity contribution in [3.63, 3.8) is 0 Å². The second-order valence-electron chi connectivity index (χ2n) is 5.78. The number of nitrogens with one attached hydrogen (secondary N) is 1. The molecule has 1 amide bonds. The second-order valence-corrected chi connectivity index (χ2v) is 5.78. The van der Waals surface area contributed by atoms with E-state index in [9.17, 15) is 4.79 Å². The molecule has 0 bridgehead atoms. The second kappa shape index (κ2) is 6.20. The molecule has 1 N–H and O–H groups in total. The summed E-state index contributed by atoms with van der Waals surface area (Å²) in [5.74, 6) is 0.267. The van der Waals surface area contributed by atoms with Gasteiger partial charge in [-0.3, -0.25) is 4.79 Å². The highest BCUT2D eigenvalue weighted by Crippen LogP contribution is 2.28. The lowest BCUT2D eigenvalue weighted by atomic mass is 9.90. The number of nitrogens with zero attached hydrogens (tertiary/aromatic N) is 1. The Bertz CT molecular complexity index is 316. The Morgan fingerprint density at radius 1 is 1.26 bits per heavy atom. The molecule has 2 saturated heterocycles. The van der Waals surface area contributed by atoms with Gasteiger partial charge >= 0.3 is 0 Å². The van der Waals surface area contributed by atoms with Gasteiger partial charge in [-0.15, -0.1) is 0 Å². The minimum Gasteiger partial charge on any atom is -0.378 e. The molecule has 0 aromatic carbocycles. The Balaban J connectivity index is 1.58. The van der Waals surface area contributed by atoms with E-state index < -0.39 is 0 Å². The number of amides is 1. The van der Waals surface area contributed by atoms with E-state index in [1.807, 2.05) is 0 Å². The largest absolute Gasteiger partial charge is 0.378 e. The first-order valence-electron chi connectivity index (χ1n) is 7.57. The molecule has 2 aliphatic heterocycles. The van der Waals surface area contributed by atoms with Crippen LogP contribution in [-0.2, 0) is 14.3 Å². The molecule has 3 aliphatic rings. The molecule has 5 heteroatoms. The van der Waals surface area contributed by atoms with Gasteiger partial charge in [-0.1, -0.05) is 12.8 Å². The average molecular weight is 268 g/mol. The lowest BCUT2D eigenvalue weighted by Gasteiger charge is -2.44. The lowest BCUT2D eigenvalue weighted by molar-refractivity contribution is -0.150. The van der Waals surface area contributed by atoms with Crippen molar-refractivity contribution in [2.24, 2.45) is 0 Å². The summed E-state index contributed by atoms with van der Waals surface area (Å²) < 4.78 is 11.2. The first-order chi connectivity index (χ1) is 9.34. The number of ether oxygens (including phenoxy) is 2. The van der Waals surface area contributed by atoms with Gasteiger partial charge in [-0.25, -0.2) is 0 Å². The molecule has 3 rings (SSSR count). The van der Waals surface area contributed by atoms with Gasteiger partial charge in [0.1, 0.15) is 0 Å². The van der Waals surface area contributed by atoms with Crippen LogP contribution in [0.3, 0.4) is 0 Å². The Labute approximate surface area is 114 Å². The number of hydrogen-bond donors (Lipinski definition) is 1. The zero-order chi connectivity index (χ0) is 13.1. The summed E-state index contributed by atoms with van der Waals surface area (Å²) in [6.07, 6.45) is 5.51. The van der Waals surface area contributed by atoms with Gasteiger partial charge in [-0.05, 0) is 12.8 Å². The maximum absolute atomic E-state index is 12.5. The van der Waals surface area contributed by atoms with Crippen molar-refractivity contribution in [3.8, 4) is 0 Å². The predicted molar refractivity (Wildman–Crippen MR) is 70.9 cm³/mol. The topological polar surface area (TPSA) is 50.8 Å². The molecular formula is C14H24N2O3. The van der Waals surface area contributed by atoms with E-state index >= 15 is 0 Å². The van der Waals surface area contributed by atoms with E-state index in [-0.39, 0.29) is 18.1 Å². The van der Waals surface area contributed by atoms with Crippen LogP contribution in [0, 0.1) is 0 Å². The van der Waals surface area contributed by atoms with Crippen molar-refractivity contribution < 1.29 is 14.3 Å². The molecule has 1 saturated carbocycles. The molecule has 0 aromatic rings. The summed E-state index contributed by atoms with van der Waals surface area (Å²) in [6.45, 7) is 3.72. The minimum absolute atomic E-state index is 0.186.